The van der Waals surface area contributed by atoms with E-state index in [0.29, 0.717) is 43.4 Å². The fraction of sp³-hybridized carbons (Fsp3) is 0.421. The van der Waals surface area contributed by atoms with Gasteiger partial charge in [0.25, 0.3) is 5.91 Å². The quantitative estimate of drug-likeness (QED) is 0.695. The van der Waals surface area contributed by atoms with Crippen LogP contribution in [0.5, 0.6) is 0 Å². The Labute approximate surface area is 171 Å². The number of anilines is 1. The molecular weight excluding hydrogens is 428 g/mol. The summed E-state index contributed by atoms with van der Waals surface area (Å²) in [4.78, 5) is 29.2. The molecule has 8 nitrogen and oxygen atoms in total. The van der Waals surface area contributed by atoms with Crippen molar-refractivity contribution < 1.29 is 18.8 Å². The summed E-state index contributed by atoms with van der Waals surface area (Å²) in [5.74, 6) is 0.435. The zero-order valence-electron chi connectivity index (χ0n) is 15.7. The van der Waals surface area contributed by atoms with Crippen molar-refractivity contribution in [1.29, 1.82) is 0 Å². The van der Waals surface area contributed by atoms with E-state index in [9.17, 15) is 9.59 Å². The summed E-state index contributed by atoms with van der Waals surface area (Å²) < 4.78 is 11.2. The number of nitrogens with zero attached hydrogens (tertiary/aromatic N) is 3. The van der Waals surface area contributed by atoms with Crippen LogP contribution in [0, 0.1) is 6.92 Å². The first-order valence-electron chi connectivity index (χ1n) is 9.09. The Morgan fingerprint density at radius 3 is 2.61 bits per heavy atom. The molecule has 0 bridgehead atoms. The minimum absolute atomic E-state index is 0.0643. The third kappa shape index (κ3) is 5.88. The molecule has 2 amide bonds. The van der Waals surface area contributed by atoms with E-state index < -0.39 is 0 Å². The van der Waals surface area contributed by atoms with E-state index >= 15 is 0 Å². The third-order valence-corrected chi connectivity index (χ3v) is 4.93. The molecule has 150 valence electrons. The first kappa shape index (κ1) is 20.5. The highest BCUT2D eigenvalue weighted by Crippen LogP contribution is 2.13. The second-order valence-corrected chi connectivity index (χ2v) is 7.47. The van der Waals surface area contributed by atoms with E-state index in [-0.39, 0.29) is 18.4 Å². The Balaban J connectivity index is 1.66. The van der Waals surface area contributed by atoms with Crippen LogP contribution in [0.2, 0.25) is 0 Å². The Hall–Kier alpha value is -2.23. The van der Waals surface area contributed by atoms with Gasteiger partial charge in [0.05, 0.1) is 13.2 Å². The van der Waals surface area contributed by atoms with E-state index in [1.165, 1.54) is 0 Å². The van der Waals surface area contributed by atoms with Crippen molar-refractivity contribution in [3.63, 3.8) is 0 Å². The van der Waals surface area contributed by atoms with E-state index in [1.54, 1.807) is 30.0 Å². The second kappa shape index (κ2) is 9.81. The van der Waals surface area contributed by atoms with Crippen LogP contribution in [0.1, 0.15) is 16.1 Å². The van der Waals surface area contributed by atoms with Gasteiger partial charge in [-0.15, -0.1) is 0 Å². The molecule has 0 atom stereocenters. The molecule has 2 aromatic rings. The minimum atomic E-state index is -0.319. The van der Waals surface area contributed by atoms with Crippen LogP contribution < -0.4 is 5.32 Å². The number of ether oxygens (including phenoxy) is 1. The summed E-state index contributed by atoms with van der Waals surface area (Å²) in [6, 6.07) is 8.74. The lowest BCUT2D eigenvalue weighted by molar-refractivity contribution is -0.117. The standard InChI is InChI=1S/C19H23BrN4O4/c1-14-12-17(22-28-14)21-18(25)13-24(7-6-23-8-10-27-11-9-23)19(26)15-2-4-16(20)5-3-15/h2-5,12H,6-11,13H2,1H3,(H,21,22,25). The molecule has 0 aliphatic carbocycles. The molecule has 0 unspecified atom stereocenters. The summed E-state index contributed by atoms with van der Waals surface area (Å²) >= 11 is 3.37. The average molecular weight is 451 g/mol. The SMILES string of the molecule is Cc1cc(NC(=O)CN(CCN2CCOCC2)C(=O)c2ccc(Br)cc2)no1. The number of halogens is 1. The third-order valence-electron chi connectivity index (χ3n) is 4.40. The Morgan fingerprint density at radius 1 is 1.25 bits per heavy atom. The van der Waals surface area contributed by atoms with Crippen molar-refractivity contribution in [1.82, 2.24) is 15.0 Å². The van der Waals surface area contributed by atoms with E-state index in [1.807, 2.05) is 12.1 Å². The van der Waals surface area contributed by atoms with Crippen molar-refractivity contribution in [2.75, 3.05) is 51.3 Å². The molecule has 2 heterocycles. The molecule has 1 aliphatic rings. The Bertz CT molecular complexity index is 803. The second-order valence-electron chi connectivity index (χ2n) is 6.56. The fourth-order valence-corrected chi connectivity index (χ4v) is 3.16. The fourth-order valence-electron chi connectivity index (χ4n) is 2.90. The molecule has 1 aliphatic heterocycles. The molecule has 28 heavy (non-hydrogen) atoms. The van der Waals surface area contributed by atoms with Crippen molar-refractivity contribution in [2.45, 2.75) is 6.92 Å². The van der Waals surface area contributed by atoms with Gasteiger partial charge in [-0.3, -0.25) is 14.5 Å². The van der Waals surface area contributed by atoms with Crippen molar-refractivity contribution in [3.05, 3.63) is 46.1 Å². The Kier molecular flexibility index (Phi) is 7.18. The minimum Gasteiger partial charge on any atom is -0.379 e. The highest BCUT2D eigenvalue weighted by molar-refractivity contribution is 9.10. The summed E-state index contributed by atoms with van der Waals surface area (Å²) in [5.41, 5.74) is 0.537. The van der Waals surface area contributed by atoms with Crippen LogP contribution in [0.15, 0.2) is 39.3 Å². The summed E-state index contributed by atoms with van der Waals surface area (Å²) in [6.45, 7) is 5.83. The van der Waals surface area contributed by atoms with E-state index in [0.717, 1.165) is 17.6 Å². The van der Waals surface area contributed by atoms with Crippen LogP contribution >= 0.6 is 15.9 Å². The van der Waals surface area contributed by atoms with Gasteiger partial charge in [0, 0.05) is 42.3 Å². The molecular formula is C19H23BrN4O4. The molecule has 9 heteroatoms. The number of benzene rings is 1. The smallest absolute Gasteiger partial charge is 0.254 e. The summed E-state index contributed by atoms with van der Waals surface area (Å²) in [7, 11) is 0. The highest BCUT2D eigenvalue weighted by atomic mass is 79.9. The maximum absolute atomic E-state index is 13.0. The van der Waals surface area contributed by atoms with Crippen molar-refractivity contribution in [2.24, 2.45) is 0 Å². The van der Waals surface area contributed by atoms with Crippen LogP contribution in [0.4, 0.5) is 5.82 Å². The number of amides is 2. The van der Waals surface area contributed by atoms with Gasteiger partial charge in [0.2, 0.25) is 5.91 Å². The molecule has 1 aromatic carbocycles. The zero-order valence-corrected chi connectivity index (χ0v) is 17.3. The molecule has 0 spiro atoms. The lowest BCUT2D eigenvalue weighted by Crippen LogP contribution is -2.45. The molecule has 0 saturated carbocycles. The largest absolute Gasteiger partial charge is 0.379 e. The molecule has 0 radical (unpaired) electrons. The zero-order chi connectivity index (χ0) is 19.9. The molecule has 3 rings (SSSR count). The average Bonchev–Trinajstić information content (AvgIpc) is 3.10. The van der Waals surface area contributed by atoms with Gasteiger partial charge in [-0.25, -0.2) is 0 Å². The number of aryl methyl sites for hydroxylation is 1. The van der Waals surface area contributed by atoms with Gasteiger partial charge in [0.15, 0.2) is 5.82 Å². The lowest BCUT2D eigenvalue weighted by atomic mass is 10.2. The van der Waals surface area contributed by atoms with Gasteiger partial charge in [-0.2, -0.15) is 0 Å². The predicted octanol–water partition coefficient (Wildman–Crippen LogP) is 2.16. The normalized spacial score (nSPS) is 14.6. The lowest BCUT2D eigenvalue weighted by Gasteiger charge is -2.30. The van der Waals surface area contributed by atoms with Crippen molar-refractivity contribution in [3.8, 4) is 0 Å². The monoisotopic (exact) mass is 450 g/mol. The summed E-state index contributed by atoms with van der Waals surface area (Å²) in [6.07, 6.45) is 0. The molecule has 1 aromatic heterocycles. The highest BCUT2D eigenvalue weighted by Gasteiger charge is 2.21. The molecule has 1 N–H and O–H groups in total. The number of morpholine rings is 1. The topological polar surface area (TPSA) is 87.9 Å². The number of carbonyl (C=O) groups excluding carboxylic acids is 2. The van der Waals surface area contributed by atoms with Crippen LogP contribution in [-0.4, -0.2) is 72.7 Å². The predicted molar refractivity (Wildman–Crippen MR) is 107 cm³/mol. The number of rotatable bonds is 7. The molecule has 1 fully saturated rings. The van der Waals surface area contributed by atoms with Gasteiger partial charge in [-0.1, -0.05) is 21.1 Å². The van der Waals surface area contributed by atoms with Crippen LogP contribution in [0.3, 0.4) is 0 Å². The Morgan fingerprint density at radius 2 is 1.96 bits per heavy atom. The maximum atomic E-state index is 13.0. The van der Waals surface area contributed by atoms with Crippen LogP contribution in [0.25, 0.3) is 0 Å². The van der Waals surface area contributed by atoms with Gasteiger partial charge >= 0.3 is 0 Å². The first-order valence-corrected chi connectivity index (χ1v) is 9.88. The maximum Gasteiger partial charge on any atom is 0.254 e. The van der Waals surface area contributed by atoms with E-state index in [4.69, 9.17) is 9.26 Å². The van der Waals surface area contributed by atoms with Gasteiger partial charge in [-0.05, 0) is 31.2 Å². The van der Waals surface area contributed by atoms with E-state index in [2.05, 4.69) is 31.3 Å². The number of hydrogen-bond donors (Lipinski definition) is 1. The number of aromatic nitrogens is 1. The number of carbonyl (C=O) groups is 2. The van der Waals surface area contributed by atoms with Crippen LogP contribution in [-0.2, 0) is 9.53 Å². The first-order chi connectivity index (χ1) is 13.5. The van der Waals surface area contributed by atoms with Gasteiger partial charge in [0.1, 0.15) is 12.3 Å². The number of nitrogens with one attached hydrogen (secondary N) is 1. The molecule has 1 saturated heterocycles. The van der Waals surface area contributed by atoms with Crippen molar-refractivity contribution >= 4 is 33.6 Å². The van der Waals surface area contributed by atoms with Gasteiger partial charge < -0.3 is 19.5 Å². The summed E-state index contributed by atoms with van der Waals surface area (Å²) in [5, 5.41) is 6.43. The number of hydrogen-bond acceptors (Lipinski definition) is 6.